The number of likely N-dealkylation sites (tertiary alicyclic amines) is 1. The van der Waals surface area contributed by atoms with E-state index in [0.717, 1.165) is 21.4 Å². The fourth-order valence-corrected chi connectivity index (χ4v) is 3.56. The van der Waals surface area contributed by atoms with E-state index in [9.17, 15) is 22.8 Å². The molecule has 3 heterocycles. The first-order chi connectivity index (χ1) is 15.2. The van der Waals surface area contributed by atoms with Gasteiger partial charge in [-0.1, -0.05) is 12.1 Å². The highest BCUT2D eigenvalue weighted by Gasteiger charge is 2.36. The third-order valence-corrected chi connectivity index (χ3v) is 5.34. The summed E-state index contributed by atoms with van der Waals surface area (Å²) in [5.41, 5.74) is -0.424. The molecule has 32 heavy (non-hydrogen) atoms. The van der Waals surface area contributed by atoms with Crippen molar-refractivity contribution in [3.63, 3.8) is 0 Å². The molecule has 0 bridgehead atoms. The summed E-state index contributed by atoms with van der Waals surface area (Å²) in [6.07, 6.45) is -2.61. The molecule has 3 aromatic rings. The summed E-state index contributed by atoms with van der Waals surface area (Å²) in [7, 11) is 1.54. The molecular weight excluding hydrogens is 429 g/mol. The van der Waals surface area contributed by atoms with Crippen LogP contribution in [-0.4, -0.2) is 63.7 Å². The van der Waals surface area contributed by atoms with Crippen LogP contribution in [-0.2, 0) is 17.3 Å². The van der Waals surface area contributed by atoms with Gasteiger partial charge in [-0.3, -0.25) is 0 Å². The van der Waals surface area contributed by atoms with E-state index in [4.69, 9.17) is 4.74 Å². The molecule has 0 unspecified atom stereocenters. The quantitative estimate of drug-likeness (QED) is 0.559. The number of fused-ring (bicyclic) bond motifs is 1. The van der Waals surface area contributed by atoms with Gasteiger partial charge in [0.25, 0.3) is 0 Å². The number of carbonyl (C=O) groups is 1. The van der Waals surface area contributed by atoms with Crippen molar-refractivity contribution < 1.29 is 22.7 Å². The monoisotopic (exact) mass is 448 g/mol. The lowest BCUT2D eigenvalue weighted by molar-refractivity contribution is -0.137. The minimum absolute atomic E-state index is 0.125. The number of hydrogen-bond acceptors (Lipinski definition) is 6. The lowest BCUT2D eigenvalue weighted by Gasteiger charge is -2.39. The molecule has 0 spiro atoms. The number of aromatic nitrogens is 4. The van der Waals surface area contributed by atoms with Crippen LogP contribution in [0.1, 0.15) is 22.9 Å². The van der Waals surface area contributed by atoms with Gasteiger partial charge < -0.3 is 9.64 Å². The molecule has 9 nitrogen and oxygen atoms in total. The second-order valence-electron chi connectivity index (χ2n) is 7.31. The first-order valence-corrected chi connectivity index (χ1v) is 9.66. The van der Waals surface area contributed by atoms with E-state index in [1.54, 1.807) is 7.11 Å². The molecule has 168 valence electrons. The van der Waals surface area contributed by atoms with Crippen molar-refractivity contribution in [3.8, 4) is 0 Å². The number of hydrogen-bond donors (Lipinski definition) is 0. The highest BCUT2D eigenvalue weighted by molar-refractivity contribution is 5.88. The van der Waals surface area contributed by atoms with Crippen LogP contribution in [0.15, 0.2) is 40.4 Å². The lowest BCUT2D eigenvalue weighted by Crippen LogP contribution is -2.51. The zero-order valence-corrected chi connectivity index (χ0v) is 17.0. The fraction of sp³-hybridized carbons (Fsp3) is 0.350. The van der Waals surface area contributed by atoms with Crippen LogP contribution in [0.5, 0.6) is 0 Å². The average molecular weight is 448 g/mol. The van der Waals surface area contributed by atoms with Crippen molar-refractivity contribution in [3.05, 3.63) is 57.9 Å². The van der Waals surface area contributed by atoms with Gasteiger partial charge in [0.1, 0.15) is 11.3 Å². The number of alkyl halides is 3. The minimum Gasteiger partial charge on any atom is -0.384 e. The number of amides is 1. The molecule has 0 N–H and O–H groups in total. The summed E-state index contributed by atoms with van der Waals surface area (Å²) in [5, 5.41) is 3.67. The molecule has 2 aromatic heterocycles. The lowest BCUT2D eigenvalue weighted by atomic mass is 9.91. The number of nitrogens with zero attached hydrogens (tertiary/aromatic N) is 6. The van der Waals surface area contributed by atoms with Gasteiger partial charge in [0, 0.05) is 39.3 Å². The molecule has 0 saturated carbocycles. The third kappa shape index (κ3) is 3.77. The van der Waals surface area contributed by atoms with Crippen molar-refractivity contribution >= 4 is 23.9 Å². The average Bonchev–Trinajstić information content (AvgIpc) is 3.01. The smallest absolute Gasteiger partial charge is 0.384 e. The van der Waals surface area contributed by atoms with E-state index >= 15 is 0 Å². The van der Waals surface area contributed by atoms with E-state index in [1.807, 2.05) is 0 Å². The molecule has 4 rings (SSSR count). The predicted octanol–water partition coefficient (Wildman–Crippen LogP) is 2.33. The van der Waals surface area contributed by atoms with E-state index < -0.39 is 23.5 Å². The number of imidazole rings is 1. The van der Waals surface area contributed by atoms with Crippen LogP contribution < -0.4 is 5.69 Å². The first kappa shape index (κ1) is 21.7. The normalized spacial score (nSPS) is 14.6. The Morgan fingerprint density at radius 3 is 2.56 bits per heavy atom. The molecule has 0 aliphatic carbocycles. The number of methoxy groups -OCH3 is 1. The van der Waals surface area contributed by atoms with Crippen LogP contribution in [0.2, 0.25) is 0 Å². The fourth-order valence-electron chi connectivity index (χ4n) is 3.56. The Labute approximate surface area is 179 Å². The highest BCUT2D eigenvalue weighted by Crippen LogP contribution is 2.32. The Bertz CT molecular complexity index is 1230. The second-order valence-corrected chi connectivity index (χ2v) is 7.31. The van der Waals surface area contributed by atoms with Gasteiger partial charge >= 0.3 is 17.9 Å². The predicted molar refractivity (Wildman–Crippen MR) is 109 cm³/mol. The SMILES string of the molecule is C=Nn1c(=O)n(C(=O)N2CC(c3ccc(C(F)(F)F)cc3)C2)c2cnc(CCOC)nc21. The summed E-state index contributed by atoms with van der Waals surface area (Å²) in [4.78, 5) is 35.7. The molecule has 12 heteroatoms. The highest BCUT2D eigenvalue weighted by atomic mass is 19.4. The maximum atomic E-state index is 13.0. The van der Waals surface area contributed by atoms with Gasteiger partial charge in [-0.25, -0.2) is 24.1 Å². The molecule has 0 radical (unpaired) electrons. The maximum absolute atomic E-state index is 13.0. The van der Waals surface area contributed by atoms with Crippen molar-refractivity contribution in [1.29, 1.82) is 0 Å². The number of benzene rings is 1. The minimum atomic E-state index is -4.40. The number of rotatable bonds is 5. The molecule has 1 aliphatic rings. The molecule has 1 aliphatic heterocycles. The molecule has 0 atom stereocenters. The largest absolute Gasteiger partial charge is 0.416 e. The van der Waals surface area contributed by atoms with E-state index in [2.05, 4.69) is 21.8 Å². The summed E-state index contributed by atoms with van der Waals surface area (Å²) >= 11 is 0. The molecule has 1 saturated heterocycles. The molecule has 1 aromatic carbocycles. The summed E-state index contributed by atoms with van der Waals surface area (Å²) in [6.45, 7) is 4.28. The van der Waals surface area contributed by atoms with Crippen LogP contribution >= 0.6 is 0 Å². The van der Waals surface area contributed by atoms with Crippen LogP contribution in [0.3, 0.4) is 0 Å². The number of carbonyl (C=O) groups excluding carboxylic acids is 1. The summed E-state index contributed by atoms with van der Waals surface area (Å²) < 4.78 is 45.1. The van der Waals surface area contributed by atoms with Crippen LogP contribution in [0, 0.1) is 0 Å². The standard InChI is InChI=1S/C20H19F3N6O3/c1-24-29-17-15(9-25-16(26-17)7-8-32-2)28(19(29)31)18(30)27-10-13(11-27)12-3-5-14(6-4-12)20(21,22)23/h3-6,9,13H,1,7-8,10-11H2,2H3. The zero-order chi connectivity index (χ0) is 23.0. The van der Waals surface area contributed by atoms with Crippen LogP contribution in [0.4, 0.5) is 18.0 Å². The van der Waals surface area contributed by atoms with E-state index in [1.165, 1.54) is 23.2 Å². The van der Waals surface area contributed by atoms with E-state index in [0.29, 0.717) is 24.4 Å². The van der Waals surface area contributed by atoms with E-state index in [-0.39, 0.29) is 30.2 Å². The topological polar surface area (TPSA) is 94.6 Å². The Kier molecular flexibility index (Phi) is 5.55. The summed E-state index contributed by atoms with van der Waals surface area (Å²) in [6, 6.07) is 4.27. The molecular formula is C20H19F3N6O3. The van der Waals surface area contributed by atoms with Gasteiger partial charge in [-0.2, -0.15) is 22.9 Å². The Morgan fingerprint density at radius 2 is 1.97 bits per heavy atom. The van der Waals surface area contributed by atoms with Gasteiger partial charge in [0.05, 0.1) is 18.4 Å². The number of halogens is 3. The van der Waals surface area contributed by atoms with Gasteiger partial charge in [-0.05, 0) is 17.7 Å². The maximum Gasteiger partial charge on any atom is 0.416 e. The second kappa shape index (κ2) is 8.19. The Balaban J connectivity index is 1.55. The Hall–Kier alpha value is -3.54. The van der Waals surface area contributed by atoms with Crippen molar-refractivity contribution in [1.82, 2.24) is 24.1 Å². The number of ether oxygens (including phenoxy) is 1. The van der Waals surface area contributed by atoms with Crippen LogP contribution in [0.25, 0.3) is 11.2 Å². The Morgan fingerprint density at radius 1 is 1.28 bits per heavy atom. The van der Waals surface area contributed by atoms with Crippen molar-refractivity contribution in [2.24, 2.45) is 5.10 Å². The summed E-state index contributed by atoms with van der Waals surface area (Å²) in [5.74, 6) is 0.298. The third-order valence-electron chi connectivity index (χ3n) is 5.34. The molecule has 1 amide bonds. The van der Waals surface area contributed by atoms with Crippen molar-refractivity contribution in [2.75, 3.05) is 26.8 Å². The zero-order valence-electron chi connectivity index (χ0n) is 17.0. The first-order valence-electron chi connectivity index (χ1n) is 9.66. The van der Waals surface area contributed by atoms with Gasteiger partial charge in [-0.15, -0.1) is 0 Å². The van der Waals surface area contributed by atoms with Crippen molar-refractivity contribution in [2.45, 2.75) is 18.5 Å². The van der Waals surface area contributed by atoms with Gasteiger partial charge in [0.15, 0.2) is 5.65 Å². The molecule has 1 fully saturated rings. The van der Waals surface area contributed by atoms with Gasteiger partial charge in [0.2, 0.25) is 0 Å².